The molecule has 7 heteroatoms. The molecule has 0 saturated carbocycles. The van der Waals surface area contributed by atoms with Crippen molar-refractivity contribution in [3.05, 3.63) is 30.1 Å². The highest BCUT2D eigenvalue weighted by Crippen LogP contribution is 2.17. The third-order valence-corrected chi connectivity index (χ3v) is 4.99. The molecule has 1 unspecified atom stereocenters. The molecule has 1 aliphatic rings. The summed E-state index contributed by atoms with van der Waals surface area (Å²) in [7, 11) is 0. The maximum Gasteiger partial charge on any atom is 0.249 e. The Morgan fingerprint density at radius 1 is 1.21 bits per heavy atom. The molecule has 7 nitrogen and oxygen atoms in total. The van der Waals surface area contributed by atoms with Crippen LogP contribution in [0.25, 0.3) is 11.0 Å². The summed E-state index contributed by atoms with van der Waals surface area (Å²) in [6.07, 6.45) is 4.95. The molecule has 1 atom stereocenters. The molecule has 0 radical (unpaired) electrons. The van der Waals surface area contributed by atoms with E-state index in [2.05, 4.69) is 17.6 Å². The maximum absolute atomic E-state index is 12.3. The molecule has 1 aromatic heterocycles. The standard InChI is InChI=1S/C21H30N4O3/c1-2-3-12-22-20(26)15-25-17-9-5-4-8-16(17)24-19(25)11-6-13-23-21(27)18-10-7-14-28-18/h4-5,8-9,18H,2-3,6-7,10-15H2,1H3,(H,22,26)(H,23,27). The zero-order valence-electron chi connectivity index (χ0n) is 16.6. The number of nitrogens with one attached hydrogen (secondary N) is 2. The third kappa shape index (κ3) is 5.32. The molecule has 2 heterocycles. The van der Waals surface area contributed by atoms with Gasteiger partial charge in [-0.2, -0.15) is 0 Å². The predicted octanol–water partition coefficient (Wildman–Crippen LogP) is 2.18. The van der Waals surface area contributed by atoms with Crippen LogP contribution in [0.4, 0.5) is 0 Å². The second kappa shape index (κ2) is 10.2. The van der Waals surface area contributed by atoms with Gasteiger partial charge in [0.15, 0.2) is 0 Å². The van der Waals surface area contributed by atoms with Crippen LogP contribution in [-0.2, 0) is 27.3 Å². The van der Waals surface area contributed by atoms with Gasteiger partial charge in [0.25, 0.3) is 0 Å². The number of fused-ring (bicyclic) bond motifs is 1. The van der Waals surface area contributed by atoms with Crippen LogP contribution in [0.2, 0.25) is 0 Å². The molecule has 2 amide bonds. The van der Waals surface area contributed by atoms with Gasteiger partial charge in [0.05, 0.1) is 11.0 Å². The van der Waals surface area contributed by atoms with E-state index in [4.69, 9.17) is 9.72 Å². The Morgan fingerprint density at radius 3 is 2.82 bits per heavy atom. The maximum atomic E-state index is 12.3. The van der Waals surface area contributed by atoms with E-state index in [0.717, 1.165) is 49.0 Å². The summed E-state index contributed by atoms with van der Waals surface area (Å²) in [6, 6.07) is 7.86. The van der Waals surface area contributed by atoms with Gasteiger partial charge in [-0.25, -0.2) is 4.98 Å². The first-order valence-corrected chi connectivity index (χ1v) is 10.3. The summed E-state index contributed by atoms with van der Waals surface area (Å²) < 4.78 is 7.38. The Kier molecular flexibility index (Phi) is 7.42. The number of amides is 2. The van der Waals surface area contributed by atoms with E-state index in [1.54, 1.807) is 0 Å². The van der Waals surface area contributed by atoms with Gasteiger partial charge in [-0.3, -0.25) is 9.59 Å². The molecule has 0 spiro atoms. The number of aromatic nitrogens is 2. The number of imidazole rings is 1. The number of ether oxygens (including phenoxy) is 1. The van der Waals surface area contributed by atoms with Gasteiger partial charge in [-0.1, -0.05) is 25.5 Å². The number of benzene rings is 1. The lowest BCUT2D eigenvalue weighted by Gasteiger charge is -2.11. The van der Waals surface area contributed by atoms with Crippen LogP contribution in [0.5, 0.6) is 0 Å². The van der Waals surface area contributed by atoms with E-state index in [-0.39, 0.29) is 24.5 Å². The predicted molar refractivity (Wildman–Crippen MR) is 108 cm³/mol. The Labute approximate surface area is 165 Å². The Bertz CT molecular complexity index is 796. The number of nitrogens with zero attached hydrogens (tertiary/aromatic N) is 2. The number of unbranched alkanes of at least 4 members (excludes halogenated alkanes) is 1. The van der Waals surface area contributed by atoms with E-state index in [9.17, 15) is 9.59 Å². The molecule has 1 aromatic carbocycles. The molecule has 0 aliphatic carbocycles. The molecule has 1 aliphatic heterocycles. The average molecular weight is 386 g/mol. The second-order valence-electron chi connectivity index (χ2n) is 7.20. The van der Waals surface area contributed by atoms with Crippen LogP contribution in [-0.4, -0.2) is 47.2 Å². The number of hydrogen-bond acceptors (Lipinski definition) is 4. The minimum absolute atomic E-state index is 0.00420. The lowest BCUT2D eigenvalue weighted by Crippen LogP contribution is -2.34. The molecule has 1 saturated heterocycles. The van der Waals surface area contributed by atoms with Crippen LogP contribution in [0, 0.1) is 0 Å². The topological polar surface area (TPSA) is 85.2 Å². The third-order valence-electron chi connectivity index (χ3n) is 4.99. The van der Waals surface area contributed by atoms with Crippen molar-refractivity contribution in [1.82, 2.24) is 20.2 Å². The summed E-state index contributed by atoms with van der Waals surface area (Å²) in [5.74, 6) is 0.851. The van der Waals surface area contributed by atoms with Gasteiger partial charge in [0.2, 0.25) is 11.8 Å². The summed E-state index contributed by atoms with van der Waals surface area (Å²) in [5, 5.41) is 5.91. The molecular weight excluding hydrogens is 356 g/mol. The number of aryl methyl sites for hydroxylation is 1. The number of para-hydroxylation sites is 2. The zero-order valence-corrected chi connectivity index (χ0v) is 16.6. The first-order valence-electron chi connectivity index (χ1n) is 10.3. The lowest BCUT2D eigenvalue weighted by atomic mass is 10.2. The van der Waals surface area contributed by atoms with E-state index in [0.29, 0.717) is 26.1 Å². The minimum Gasteiger partial charge on any atom is -0.368 e. The highest BCUT2D eigenvalue weighted by Gasteiger charge is 2.23. The molecule has 3 rings (SSSR count). The summed E-state index contributed by atoms with van der Waals surface area (Å²) in [5.41, 5.74) is 1.86. The lowest BCUT2D eigenvalue weighted by molar-refractivity contribution is -0.130. The Hall–Kier alpha value is -2.41. The second-order valence-corrected chi connectivity index (χ2v) is 7.20. The van der Waals surface area contributed by atoms with Gasteiger partial charge in [-0.15, -0.1) is 0 Å². The van der Waals surface area contributed by atoms with E-state index in [1.165, 1.54) is 0 Å². The first kappa shape index (κ1) is 20.3. The van der Waals surface area contributed by atoms with Crippen LogP contribution < -0.4 is 10.6 Å². The molecule has 0 bridgehead atoms. The van der Waals surface area contributed by atoms with E-state index in [1.807, 2.05) is 28.8 Å². The number of hydrogen-bond donors (Lipinski definition) is 2. The van der Waals surface area contributed by atoms with Crippen molar-refractivity contribution < 1.29 is 14.3 Å². The highest BCUT2D eigenvalue weighted by atomic mass is 16.5. The van der Waals surface area contributed by atoms with E-state index >= 15 is 0 Å². The fraction of sp³-hybridized carbons (Fsp3) is 0.571. The van der Waals surface area contributed by atoms with Crippen molar-refractivity contribution in [2.24, 2.45) is 0 Å². The van der Waals surface area contributed by atoms with Gasteiger partial charge in [0.1, 0.15) is 18.5 Å². The van der Waals surface area contributed by atoms with Crippen LogP contribution in [0.15, 0.2) is 24.3 Å². The quantitative estimate of drug-likeness (QED) is 0.613. The minimum atomic E-state index is -0.295. The Balaban J connectivity index is 1.58. The SMILES string of the molecule is CCCCNC(=O)Cn1c(CCCNC(=O)C2CCCO2)nc2ccccc21. The summed E-state index contributed by atoms with van der Waals surface area (Å²) >= 11 is 0. The average Bonchev–Trinajstić information content (AvgIpc) is 3.34. The van der Waals surface area contributed by atoms with Crippen molar-refractivity contribution >= 4 is 22.8 Å². The van der Waals surface area contributed by atoms with Crippen LogP contribution in [0.3, 0.4) is 0 Å². The molecule has 2 aromatic rings. The van der Waals surface area contributed by atoms with Crippen molar-refractivity contribution in [3.63, 3.8) is 0 Å². The fourth-order valence-electron chi connectivity index (χ4n) is 3.45. The highest BCUT2D eigenvalue weighted by molar-refractivity contribution is 5.81. The molecule has 152 valence electrons. The Morgan fingerprint density at radius 2 is 2.04 bits per heavy atom. The van der Waals surface area contributed by atoms with Gasteiger partial charge < -0.3 is 19.9 Å². The number of carbonyl (C=O) groups excluding carboxylic acids is 2. The summed E-state index contributed by atoms with van der Waals surface area (Å²) in [6.45, 7) is 4.31. The van der Waals surface area contributed by atoms with Crippen molar-refractivity contribution in [1.29, 1.82) is 0 Å². The van der Waals surface area contributed by atoms with Gasteiger partial charge in [-0.05, 0) is 37.8 Å². The van der Waals surface area contributed by atoms with Gasteiger partial charge in [0, 0.05) is 26.1 Å². The normalized spacial score (nSPS) is 16.4. The summed E-state index contributed by atoms with van der Waals surface area (Å²) in [4.78, 5) is 29.0. The molecular formula is C21H30N4O3. The van der Waals surface area contributed by atoms with Crippen molar-refractivity contribution in [2.45, 2.75) is 58.1 Å². The van der Waals surface area contributed by atoms with Gasteiger partial charge >= 0.3 is 0 Å². The number of carbonyl (C=O) groups is 2. The van der Waals surface area contributed by atoms with Crippen LogP contribution in [0.1, 0.15) is 44.9 Å². The smallest absolute Gasteiger partial charge is 0.249 e. The van der Waals surface area contributed by atoms with E-state index < -0.39 is 0 Å². The fourth-order valence-corrected chi connectivity index (χ4v) is 3.45. The number of rotatable bonds is 10. The van der Waals surface area contributed by atoms with Crippen LogP contribution >= 0.6 is 0 Å². The van der Waals surface area contributed by atoms with Crippen molar-refractivity contribution in [2.75, 3.05) is 19.7 Å². The first-order chi connectivity index (χ1) is 13.7. The van der Waals surface area contributed by atoms with Crippen molar-refractivity contribution in [3.8, 4) is 0 Å². The molecule has 2 N–H and O–H groups in total. The largest absolute Gasteiger partial charge is 0.368 e. The monoisotopic (exact) mass is 386 g/mol. The zero-order chi connectivity index (χ0) is 19.8. The molecule has 28 heavy (non-hydrogen) atoms. The molecule has 1 fully saturated rings.